The fourth-order valence-corrected chi connectivity index (χ4v) is 2.89. The standard InChI is InChI=1S/C19H29N3O2/c1-5-24-19(23)21-18-20-13-17(22(18)4)16-11-9-15(10-12-16)8-6-7-14(2)3/h9-12,14,17H,5-8,13H2,1-4H3,(H,20,21,23). The van der Waals surface area contributed by atoms with Gasteiger partial charge in [0.25, 0.3) is 0 Å². The van der Waals surface area contributed by atoms with Gasteiger partial charge in [-0.1, -0.05) is 44.5 Å². The summed E-state index contributed by atoms with van der Waals surface area (Å²) in [5, 5.41) is 2.69. The highest BCUT2D eigenvalue weighted by Gasteiger charge is 2.27. The van der Waals surface area contributed by atoms with Crippen molar-refractivity contribution in [2.24, 2.45) is 10.9 Å². The molecule has 5 nitrogen and oxygen atoms in total. The summed E-state index contributed by atoms with van der Waals surface area (Å²) >= 11 is 0. The third kappa shape index (κ3) is 4.98. The third-order valence-electron chi connectivity index (χ3n) is 4.32. The van der Waals surface area contributed by atoms with E-state index in [0.717, 1.165) is 12.3 Å². The molecule has 0 radical (unpaired) electrons. The number of alkyl carbamates (subject to hydrolysis) is 1. The molecular weight excluding hydrogens is 302 g/mol. The van der Waals surface area contributed by atoms with Crippen molar-refractivity contribution in [2.45, 2.75) is 46.1 Å². The lowest BCUT2D eigenvalue weighted by Crippen LogP contribution is -2.40. The molecule has 0 fully saturated rings. The Morgan fingerprint density at radius 1 is 1.38 bits per heavy atom. The molecule has 0 aliphatic carbocycles. The predicted octanol–water partition coefficient (Wildman–Crippen LogP) is 3.75. The van der Waals surface area contributed by atoms with Crippen molar-refractivity contribution in [1.29, 1.82) is 0 Å². The van der Waals surface area contributed by atoms with E-state index in [-0.39, 0.29) is 6.04 Å². The Morgan fingerprint density at radius 3 is 2.71 bits per heavy atom. The lowest BCUT2D eigenvalue weighted by molar-refractivity contribution is 0.156. The van der Waals surface area contributed by atoms with Crippen LogP contribution in [0.25, 0.3) is 0 Å². The number of aliphatic imine (C=N–C) groups is 1. The minimum Gasteiger partial charge on any atom is -0.450 e. The largest absolute Gasteiger partial charge is 0.450 e. The number of aryl methyl sites for hydroxylation is 1. The molecule has 1 N–H and O–H groups in total. The van der Waals surface area contributed by atoms with Gasteiger partial charge in [0.05, 0.1) is 19.2 Å². The molecule has 1 aromatic carbocycles. The third-order valence-corrected chi connectivity index (χ3v) is 4.32. The van der Waals surface area contributed by atoms with Crippen molar-refractivity contribution in [1.82, 2.24) is 10.2 Å². The van der Waals surface area contributed by atoms with Crippen LogP contribution in [0.3, 0.4) is 0 Å². The SMILES string of the molecule is CCOC(=O)NC1=NCC(c2ccc(CCCC(C)C)cc2)N1C. The van der Waals surface area contributed by atoms with E-state index in [0.29, 0.717) is 19.1 Å². The maximum atomic E-state index is 11.5. The van der Waals surface area contributed by atoms with Crippen LogP contribution in [0.2, 0.25) is 0 Å². The summed E-state index contributed by atoms with van der Waals surface area (Å²) in [5.41, 5.74) is 2.60. The monoisotopic (exact) mass is 331 g/mol. The van der Waals surface area contributed by atoms with Crippen LogP contribution in [0, 0.1) is 5.92 Å². The molecule has 1 aromatic rings. The Kier molecular flexibility index (Phi) is 6.64. The molecule has 1 heterocycles. The number of hydrogen-bond acceptors (Lipinski definition) is 4. The number of nitrogens with one attached hydrogen (secondary N) is 1. The lowest BCUT2D eigenvalue weighted by atomic mass is 10.00. The number of hydrogen-bond donors (Lipinski definition) is 1. The summed E-state index contributed by atoms with van der Waals surface area (Å²) in [6.45, 7) is 7.31. The Hall–Kier alpha value is -2.04. The first-order valence-electron chi connectivity index (χ1n) is 8.81. The maximum absolute atomic E-state index is 11.5. The molecular formula is C19H29N3O2. The van der Waals surface area contributed by atoms with Gasteiger partial charge >= 0.3 is 6.09 Å². The zero-order chi connectivity index (χ0) is 17.5. The number of benzene rings is 1. The van der Waals surface area contributed by atoms with E-state index in [9.17, 15) is 4.79 Å². The summed E-state index contributed by atoms with van der Waals surface area (Å²) in [6.07, 6.45) is 3.18. The fourth-order valence-electron chi connectivity index (χ4n) is 2.89. The quantitative estimate of drug-likeness (QED) is 0.863. The average Bonchev–Trinajstić information content (AvgIpc) is 2.89. The smallest absolute Gasteiger partial charge is 0.413 e. The second kappa shape index (κ2) is 8.71. The number of ether oxygens (including phenoxy) is 1. The number of likely N-dealkylation sites (N-methyl/N-ethyl adjacent to an activating group) is 1. The van der Waals surface area contributed by atoms with E-state index in [1.54, 1.807) is 6.92 Å². The Bertz CT molecular complexity index is 566. The first kappa shape index (κ1) is 18.3. The van der Waals surface area contributed by atoms with Gasteiger partial charge in [-0.2, -0.15) is 0 Å². The summed E-state index contributed by atoms with van der Waals surface area (Å²) in [5.74, 6) is 1.33. The van der Waals surface area contributed by atoms with Crippen LogP contribution in [0.1, 0.15) is 50.8 Å². The van der Waals surface area contributed by atoms with E-state index >= 15 is 0 Å². The van der Waals surface area contributed by atoms with Crippen molar-refractivity contribution < 1.29 is 9.53 Å². The van der Waals surface area contributed by atoms with Gasteiger partial charge in [0.2, 0.25) is 5.96 Å². The van der Waals surface area contributed by atoms with Crippen molar-refractivity contribution >= 4 is 12.1 Å². The van der Waals surface area contributed by atoms with Crippen molar-refractivity contribution in [3.05, 3.63) is 35.4 Å². The van der Waals surface area contributed by atoms with E-state index in [1.165, 1.54) is 24.0 Å². The molecule has 132 valence electrons. The molecule has 2 rings (SSSR count). The van der Waals surface area contributed by atoms with Gasteiger partial charge in [0, 0.05) is 7.05 Å². The summed E-state index contributed by atoms with van der Waals surface area (Å²) < 4.78 is 4.91. The molecule has 5 heteroatoms. The van der Waals surface area contributed by atoms with Gasteiger partial charge in [-0.25, -0.2) is 4.79 Å². The van der Waals surface area contributed by atoms with Gasteiger partial charge < -0.3 is 9.64 Å². The molecule has 1 atom stereocenters. The van der Waals surface area contributed by atoms with Gasteiger partial charge in [-0.05, 0) is 36.8 Å². The zero-order valence-electron chi connectivity index (χ0n) is 15.2. The second-order valence-corrected chi connectivity index (χ2v) is 6.66. The Balaban J connectivity index is 1.90. The zero-order valence-corrected chi connectivity index (χ0v) is 15.2. The Morgan fingerprint density at radius 2 is 2.08 bits per heavy atom. The summed E-state index contributed by atoms with van der Waals surface area (Å²) in [6, 6.07) is 8.93. The maximum Gasteiger partial charge on any atom is 0.413 e. The van der Waals surface area contributed by atoms with Crippen molar-refractivity contribution in [3.8, 4) is 0 Å². The molecule has 1 aliphatic rings. The molecule has 1 unspecified atom stereocenters. The summed E-state index contributed by atoms with van der Waals surface area (Å²) in [4.78, 5) is 17.9. The normalized spacial score (nSPS) is 17.1. The Labute approximate surface area is 145 Å². The predicted molar refractivity (Wildman–Crippen MR) is 97.2 cm³/mol. The second-order valence-electron chi connectivity index (χ2n) is 6.66. The minimum absolute atomic E-state index is 0.159. The number of amides is 1. The highest BCUT2D eigenvalue weighted by molar-refractivity contribution is 5.94. The van der Waals surface area contributed by atoms with Crippen LogP contribution >= 0.6 is 0 Å². The molecule has 1 amide bonds. The topological polar surface area (TPSA) is 53.9 Å². The molecule has 0 saturated heterocycles. The van der Waals surface area contributed by atoms with Crippen LogP contribution in [0.5, 0.6) is 0 Å². The summed E-state index contributed by atoms with van der Waals surface area (Å²) in [7, 11) is 1.94. The first-order valence-corrected chi connectivity index (χ1v) is 8.81. The molecule has 0 aromatic heterocycles. The van der Waals surface area contributed by atoms with E-state index in [4.69, 9.17) is 4.74 Å². The van der Waals surface area contributed by atoms with Crippen LogP contribution < -0.4 is 5.32 Å². The number of rotatable bonds is 6. The number of carbonyl (C=O) groups is 1. The van der Waals surface area contributed by atoms with Gasteiger partial charge in [-0.15, -0.1) is 0 Å². The van der Waals surface area contributed by atoms with Crippen LogP contribution in [-0.2, 0) is 11.2 Å². The minimum atomic E-state index is -0.454. The number of guanidine groups is 1. The molecule has 0 bridgehead atoms. The van der Waals surface area contributed by atoms with Crippen molar-refractivity contribution in [2.75, 3.05) is 20.2 Å². The lowest BCUT2D eigenvalue weighted by Gasteiger charge is -2.23. The highest BCUT2D eigenvalue weighted by atomic mass is 16.5. The van der Waals surface area contributed by atoms with Crippen molar-refractivity contribution in [3.63, 3.8) is 0 Å². The van der Waals surface area contributed by atoms with Crippen LogP contribution in [0.4, 0.5) is 4.79 Å². The van der Waals surface area contributed by atoms with E-state index in [1.807, 2.05) is 11.9 Å². The first-order chi connectivity index (χ1) is 11.5. The van der Waals surface area contributed by atoms with Gasteiger partial charge in [0.15, 0.2) is 0 Å². The average molecular weight is 331 g/mol. The van der Waals surface area contributed by atoms with Gasteiger partial charge in [0.1, 0.15) is 0 Å². The van der Waals surface area contributed by atoms with E-state index < -0.39 is 6.09 Å². The fraction of sp³-hybridized carbons (Fsp3) is 0.579. The number of carbonyl (C=O) groups excluding carboxylic acids is 1. The molecule has 1 aliphatic heterocycles. The van der Waals surface area contributed by atoms with Crippen LogP contribution in [-0.4, -0.2) is 37.2 Å². The van der Waals surface area contributed by atoms with Crippen LogP contribution in [0.15, 0.2) is 29.3 Å². The van der Waals surface area contributed by atoms with Gasteiger partial charge in [-0.3, -0.25) is 10.3 Å². The van der Waals surface area contributed by atoms with E-state index in [2.05, 4.69) is 48.4 Å². The molecule has 0 saturated carbocycles. The molecule has 24 heavy (non-hydrogen) atoms. The molecule has 0 spiro atoms. The number of nitrogens with zero attached hydrogens (tertiary/aromatic N) is 2. The highest BCUT2D eigenvalue weighted by Crippen LogP contribution is 2.25.